The minimum Gasteiger partial charge on any atom is -0.488 e. The van der Waals surface area contributed by atoms with E-state index in [-0.39, 0.29) is 23.7 Å². The summed E-state index contributed by atoms with van der Waals surface area (Å²) >= 11 is 0. The summed E-state index contributed by atoms with van der Waals surface area (Å²) in [5, 5.41) is 6.74. The van der Waals surface area contributed by atoms with Crippen LogP contribution in [0.1, 0.15) is 18.5 Å². The number of anilines is 1. The number of pyridine rings is 1. The third-order valence-electron chi connectivity index (χ3n) is 4.71. The first-order chi connectivity index (χ1) is 12.5. The molecule has 2 atom stereocenters. The number of aromatic nitrogens is 1. The van der Waals surface area contributed by atoms with Crippen molar-refractivity contribution < 1.29 is 9.53 Å². The van der Waals surface area contributed by atoms with Gasteiger partial charge in [0.15, 0.2) is 0 Å². The lowest BCUT2D eigenvalue weighted by Gasteiger charge is -2.17. The molecular formula is C20H19N3O3. The number of ether oxygens (including phenoxy) is 1. The summed E-state index contributed by atoms with van der Waals surface area (Å²) in [5.74, 6) is 0.797. The quantitative estimate of drug-likeness (QED) is 0.746. The molecule has 0 unspecified atom stereocenters. The van der Waals surface area contributed by atoms with Crippen LogP contribution in [-0.2, 0) is 7.05 Å². The summed E-state index contributed by atoms with van der Waals surface area (Å²) in [6, 6.07) is 15.9. The zero-order valence-corrected chi connectivity index (χ0v) is 14.5. The molecule has 0 saturated carbocycles. The minimum absolute atomic E-state index is 0.0902. The van der Waals surface area contributed by atoms with Gasteiger partial charge < -0.3 is 19.9 Å². The summed E-state index contributed by atoms with van der Waals surface area (Å²) in [6.07, 6.45) is -0.143. The Morgan fingerprint density at radius 2 is 1.88 bits per heavy atom. The van der Waals surface area contributed by atoms with E-state index in [2.05, 4.69) is 10.6 Å². The van der Waals surface area contributed by atoms with Gasteiger partial charge in [-0.2, -0.15) is 0 Å². The van der Waals surface area contributed by atoms with E-state index in [1.807, 2.05) is 43.3 Å². The van der Waals surface area contributed by atoms with Crippen LogP contribution in [0.15, 0.2) is 59.4 Å². The number of carbonyl (C=O) groups excluding carboxylic acids is 1. The average Bonchev–Trinajstić information content (AvgIpc) is 2.94. The Balaban J connectivity index is 1.55. The normalized spacial score (nSPS) is 18.2. The molecule has 0 spiro atoms. The van der Waals surface area contributed by atoms with Gasteiger partial charge in [0.1, 0.15) is 11.9 Å². The van der Waals surface area contributed by atoms with E-state index in [9.17, 15) is 9.59 Å². The maximum atomic E-state index is 12.5. The van der Waals surface area contributed by atoms with Crippen LogP contribution >= 0.6 is 0 Å². The number of para-hydroxylation sites is 1. The van der Waals surface area contributed by atoms with Crippen LogP contribution in [0, 0.1) is 0 Å². The molecule has 6 heteroatoms. The Labute approximate surface area is 150 Å². The monoisotopic (exact) mass is 349 g/mol. The van der Waals surface area contributed by atoms with Gasteiger partial charge in [-0.3, -0.25) is 4.79 Å². The largest absolute Gasteiger partial charge is 0.488 e. The van der Waals surface area contributed by atoms with Crippen LogP contribution < -0.4 is 20.9 Å². The Hall–Kier alpha value is -3.28. The molecule has 6 nitrogen and oxygen atoms in total. The topological polar surface area (TPSA) is 72.4 Å². The van der Waals surface area contributed by atoms with Crippen molar-refractivity contribution in [3.8, 4) is 5.75 Å². The molecule has 3 aromatic rings. The van der Waals surface area contributed by atoms with E-state index in [1.165, 1.54) is 6.07 Å². The maximum Gasteiger partial charge on any atom is 0.319 e. The molecule has 1 aromatic heterocycles. The van der Waals surface area contributed by atoms with Crippen molar-refractivity contribution >= 4 is 22.6 Å². The molecule has 0 fully saturated rings. The second-order valence-corrected chi connectivity index (χ2v) is 6.44. The number of fused-ring (bicyclic) bond motifs is 2. The Morgan fingerprint density at radius 3 is 2.73 bits per heavy atom. The van der Waals surface area contributed by atoms with E-state index in [4.69, 9.17) is 4.74 Å². The second kappa shape index (κ2) is 6.22. The average molecular weight is 349 g/mol. The highest BCUT2D eigenvalue weighted by atomic mass is 16.5. The van der Waals surface area contributed by atoms with Gasteiger partial charge in [0.2, 0.25) is 0 Å². The van der Waals surface area contributed by atoms with Gasteiger partial charge in [0.05, 0.1) is 11.6 Å². The van der Waals surface area contributed by atoms with Gasteiger partial charge >= 0.3 is 6.03 Å². The zero-order chi connectivity index (χ0) is 18.3. The fraction of sp³-hybridized carbons (Fsp3) is 0.200. The van der Waals surface area contributed by atoms with E-state index in [0.29, 0.717) is 5.69 Å². The number of nitrogens with zero attached hydrogens (tertiary/aromatic N) is 1. The number of aryl methyl sites for hydroxylation is 1. The van der Waals surface area contributed by atoms with Crippen molar-refractivity contribution in [2.24, 2.45) is 7.05 Å². The third-order valence-corrected chi connectivity index (χ3v) is 4.71. The molecule has 0 bridgehead atoms. The van der Waals surface area contributed by atoms with Crippen LogP contribution in [0.2, 0.25) is 0 Å². The zero-order valence-electron chi connectivity index (χ0n) is 14.5. The molecule has 1 aliphatic rings. The number of rotatable bonds is 2. The number of hydrogen-bond donors (Lipinski definition) is 2. The highest BCUT2D eigenvalue weighted by molar-refractivity contribution is 5.92. The molecule has 2 aromatic carbocycles. The van der Waals surface area contributed by atoms with Crippen LogP contribution in [-0.4, -0.2) is 16.7 Å². The molecule has 2 amide bonds. The van der Waals surface area contributed by atoms with Gasteiger partial charge in [0.25, 0.3) is 5.56 Å². The molecule has 4 rings (SSSR count). The summed E-state index contributed by atoms with van der Waals surface area (Å²) in [5.41, 5.74) is 2.26. The van der Waals surface area contributed by atoms with Crippen molar-refractivity contribution in [3.05, 3.63) is 70.5 Å². The lowest BCUT2D eigenvalue weighted by molar-refractivity contribution is 0.204. The fourth-order valence-corrected chi connectivity index (χ4v) is 3.31. The number of benzene rings is 2. The molecule has 2 N–H and O–H groups in total. The number of amides is 2. The summed E-state index contributed by atoms with van der Waals surface area (Å²) in [7, 11) is 1.71. The molecular weight excluding hydrogens is 330 g/mol. The maximum absolute atomic E-state index is 12.5. The standard InChI is InChI=1S/C20H19N3O3/c1-12-19(15-5-3-4-6-17(15)26-12)22-20(25)21-14-9-7-13-8-10-18(24)23(2)16(13)11-14/h3-12,19H,1-2H3,(H2,21,22,25)/t12-,19+/m1/s1. The molecule has 2 heterocycles. The second-order valence-electron chi connectivity index (χ2n) is 6.44. The van der Waals surface area contributed by atoms with E-state index in [0.717, 1.165) is 22.2 Å². The van der Waals surface area contributed by atoms with E-state index >= 15 is 0 Å². The van der Waals surface area contributed by atoms with Gasteiger partial charge in [-0.1, -0.05) is 24.3 Å². The minimum atomic E-state index is -0.317. The Morgan fingerprint density at radius 1 is 1.12 bits per heavy atom. The summed E-state index contributed by atoms with van der Waals surface area (Å²) in [4.78, 5) is 24.3. The molecule has 0 saturated heterocycles. The van der Waals surface area contributed by atoms with Gasteiger partial charge in [-0.25, -0.2) is 4.79 Å². The lowest BCUT2D eigenvalue weighted by atomic mass is 10.1. The van der Waals surface area contributed by atoms with E-state index in [1.54, 1.807) is 23.7 Å². The van der Waals surface area contributed by atoms with Crippen molar-refractivity contribution in [2.75, 3.05) is 5.32 Å². The smallest absolute Gasteiger partial charge is 0.319 e. The van der Waals surface area contributed by atoms with Crippen molar-refractivity contribution in [3.63, 3.8) is 0 Å². The lowest BCUT2D eigenvalue weighted by Crippen LogP contribution is -2.36. The van der Waals surface area contributed by atoms with Crippen molar-refractivity contribution in [2.45, 2.75) is 19.1 Å². The molecule has 0 aliphatic carbocycles. The van der Waals surface area contributed by atoms with Crippen LogP contribution in [0.25, 0.3) is 10.9 Å². The Bertz CT molecular complexity index is 1060. The first kappa shape index (κ1) is 16.2. The molecule has 26 heavy (non-hydrogen) atoms. The highest BCUT2D eigenvalue weighted by Gasteiger charge is 2.32. The van der Waals surface area contributed by atoms with Crippen LogP contribution in [0.5, 0.6) is 5.75 Å². The van der Waals surface area contributed by atoms with Crippen LogP contribution in [0.3, 0.4) is 0 Å². The predicted molar refractivity (Wildman–Crippen MR) is 101 cm³/mol. The predicted octanol–water partition coefficient (Wildman–Crippen LogP) is 3.18. The number of hydrogen-bond acceptors (Lipinski definition) is 3. The van der Waals surface area contributed by atoms with Crippen molar-refractivity contribution in [1.29, 1.82) is 0 Å². The molecule has 0 radical (unpaired) electrons. The van der Waals surface area contributed by atoms with Gasteiger partial charge in [-0.05, 0) is 36.6 Å². The summed E-state index contributed by atoms with van der Waals surface area (Å²) < 4.78 is 7.33. The summed E-state index contributed by atoms with van der Waals surface area (Å²) in [6.45, 7) is 1.93. The molecule has 132 valence electrons. The fourth-order valence-electron chi connectivity index (χ4n) is 3.31. The number of urea groups is 1. The Kier molecular flexibility index (Phi) is 3.88. The first-order valence-electron chi connectivity index (χ1n) is 8.46. The number of carbonyl (C=O) groups is 1. The van der Waals surface area contributed by atoms with Crippen LogP contribution in [0.4, 0.5) is 10.5 Å². The van der Waals surface area contributed by atoms with Gasteiger partial charge in [0, 0.05) is 24.4 Å². The third kappa shape index (κ3) is 2.79. The SMILES string of the molecule is C[C@H]1Oc2ccccc2[C@H]1NC(=O)Nc1ccc2ccc(=O)n(C)c2c1. The van der Waals surface area contributed by atoms with Gasteiger partial charge in [-0.15, -0.1) is 0 Å². The highest BCUT2D eigenvalue weighted by Crippen LogP contribution is 2.36. The number of nitrogens with one attached hydrogen (secondary N) is 2. The first-order valence-corrected chi connectivity index (χ1v) is 8.46. The van der Waals surface area contributed by atoms with E-state index < -0.39 is 0 Å². The molecule has 1 aliphatic heterocycles. The van der Waals surface area contributed by atoms with Crippen molar-refractivity contribution in [1.82, 2.24) is 9.88 Å².